The molecule has 25 heavy (non-hydrogen) atoms. The van der Waals surface area contributed by atoms with Crippen LogP contribution in [-0.2, 0) is 33.4 Å². The number of amides is 1. The molecule has 0 aromatic carbocycles. The number of carbonyl (C=O) groups excluding carboxylic acids is 2. The van der Waals surface area contributed by atoms with Gasteiger partial charge in [0.25, 0.3) is 10.1 Å². The Labute approximate surface area is 147 Å². The van der Waals surface area contributed by atoms with Crippen molar-refractivity contribution < 1.29 is 31.7 Å². The molecule has 140 valence electrons. The van der Waals surface area contributed by atoms with Gasteiger partial charge in [0.05, 0.1) is 17.9 Å². The van der Waals surface area contributed by atoms with Crippen LogP contribution in [-0.4, -0.2) is 57.5 Å². The van der Waals surface area contributed by atoms with E-state index in [1.165, 1.54) is 0 Å². The summed E-state index contributed by atoms with van der Waals surface area (Å²) >= 11 is 0. The van der Waals surface area contributed by atoms with Crippen molar-refractivity contribution in [3.05, 3.63) is 12.2 Å². The number of fused-ring (bicyclic) bond motifs is 1. The standard InChI is InChI=1S/C16H23NO7S/c1-9(2)15(19)17-4-5-22-12(18)8-23-14-13-10-6-16(14,3)7-11(10)25(20,21)24-13/h10-11,13-14H,1,4-8H2,2-3H3,(H,17,19). The summed E-state index contributed by atoms with van der Waals surface area (Å²) in [7, 11) is -3.52. The van der Waals surface area contributed by atoms with Gasteiger partial charge in [-0.3, -0.25) is 8.98 Å². The number of carbonyl (C=O) groups is 2. The smallest absolute Gasteiger partial charge is 0.332 e. The third-order valence-electron chi connectivity index (χ3n) is 5.29. The minimum atomic E-state index is -3.52. The molecule has 2 bridgehead atoms. The minimum Gasteiger partial charge on any atom is -0.462 e. The lowest BCUT2D eigenvalue weighted by Crippen LogP contribution is -2.42. The summed E-state index contributed by atoms with van der Waals surface area (Å²) in [6.45, 7) is 7.01. The molecule has 0 aromatic rings. The molecule has 2 saturated carbocycles. The van der Waals surface area contributed by atoms with Gasteiger partial charge in [0, 0.05) is 11.5 Å². The number of ether oxygens (including phenoxy) is 2. The molecule has 1 N–H and O–H groups in total. The monoisotopic (exact) mass is 373 g/mol. The van der Waals surface area contributed by atoms with Gasteiger partial charge in [-0.1, -0.05) is 13.5 Å². The fourth-order valence-electron chi connectivity index (χ4n) is 4.19. The summed E-state index contributed by atoms with van der Waals surface area (Å²) in [5.74, 6) is -0.905. The Balaban J connectivity index is 1.44. The molecule has 3 rings (SSSR count). The maximum atomic E-state index is 12.0. The predicted octanol–water partition coefficient (Wildman–Crippen LogP) is 0.134. The number of hydrogen-bond acceptors (Lipinski definition) is 7. The molecule has 5 atom stereocenters. The van der Waals surface area contributed by atoms with E-state index in [0.717, 1.165) is 6.42 Å². The topological polar surface area (TPSA) is 108 Å². The Bertz CT molecular complexity index is 703. The van der Waals surface area contributed by atoms with E-state index in [-0.39, 0.29) is 37.0 Å². The van der Waals surface area contributed by atoms with Crippen LogP contribution in [0, 0.1) is 11.3 Å². The quantitative estimate of drug-likeness (QED) is 0.292. The second kappa shape index (κ2) is 6.37. The molecule has 8 nitrogen and oxygen atoms in total. The van der Waals surface area contributed by atoms with E-state index >= 15 is 0 Å². The van der Waals surface area contributed by atoms with Gasteiger partial charge in [-0.25, -0.2) is 4.79 Å². The van der Waals surface area contributed by atoms with E-state index in [1.54, 1.807) is 6.92 Å². The summed E-state index contributed by atoms with van der Waals surface area (Å²) in [5.41, 5.74) is 0.0864. The van der Waals surface area contributed by atoms with Crippen molar-refractivity contribution in [2.45, 2.75) is 44.1 Å². The number of rotatable bonds is 7. The highest BCUT2D eigenvalue weighted by Gasteiger charge is 2.69. The summed E-state index contributed by atoms with van der Waals surface area (Å²) in [6, 6.07) is 0. The second-order valence-electron chi connectivity index (χ2n) is 7.31. The number of nitrogens with one attached hydrogen (secondary N) is 1. The number of hydrogen-bond donors (Lipinski definition) is 1. The van der Waals surface area contributed by atoms with Gasteiger partial charge in [-0.15, -0.1) is 0 Å². The lowest BCUT2D eigenvalue weighted by Gasteiger charge is -2.32. The molecular formula is C16H23NO7S. The first-order valence-corrected chi connectivity index (χ1v) is 9.74. The van der Waals surface area contributed by atoms with Crippen molar-refractivity contribution in [1.29, 1.82) is 0 Å². The van der Waals surface area contributed by atoms with Gasteiger partial charge in [0.15, 0.2) is 0 Å². The molecule has 0 radical (unpaired) electrons. The predicted molar refractivity (Wildman–Crippen MR) is 86.9 cm³/mol. The molecular weight excluding hydrogens is 350 g/mol. The second-order valence-corrected chi connectivity index (χ2v) is 9.09. The molecule has 0 spiro atoms. The molecule has 1 heterocycles. The van der Waals surface area contributed by atoms with E-state index in [4.69, 9.17) is 13.7 Å². The molecule has 5 unspecified atom stereocenters. The van der Waals surface area contributed by atoms with E-state index < -0.39 is 33.5 Å². The van der Waals surface area contributed by atoms with E-state index in [2.05, 4.69) is 11.9 Å². The van der Waals surface area contributed by atoms with Gasteiger partial charge < -0.3 is 14.8 Å². The largest absolute Gasteiger partial charge is 0.462 e. The molecule has 1 amide bonds. The maximum Gasteiger partial charge on any atom is 0.332 e. The zero-order valence-electron chi connectivity index (χ0n) is 14.3. The van der Waals surface area contributed by atoms with Gasteiger partial charge in [-0.2, -0.15) is 8.42 Å². The number of esters is 1. The Kier molecular flexibility index (Phi) is 4.67. The Morgan fingerprint density at radius 1 is 1.36 bits per heavy atom. The summed E-state index contributed by atoms with van der Waals surface area (Å²) in [5, 5.41) is 2.11. The third kappa shape index (κ3) is 3.32. The highest BCUT2D eigenvalue weighted by molar-refractivity contribution is 7.87. The molecule has 0 aromatic heterocycles. The lowest BCUT2D eigenvalue weighted by molar-refractivity contribution is -0.156. The van der Waals surface area contributed by atoms with Crippen LogP contribution < -0.4 is 5.32 Å². The van der Waals surface area contributed by atoms with Crippen LogP contribution in [0.5, 0.6) is 0 Å². The van der Waals surface area contributed by atoms with Crippen molar-refractivity contribution in [3.8, 4) is 0 Å². The van der Waals surface area contributed by atoms with Gasteiger partial charge in [0.1, 0.15) is 19.3 Å². The van der Waals surface area contributed by atoms with Gasteiger partial charge in [0.2, 0.25) is 5.91 Å². The van der Waals surface area contributed by atoms with Crippen LogP contribution in [0.3, 0.4) is 0 Å². The van der Waals surface area contributed by atoms with E-state index in [1.807, 2.05) is 6.92 Å². The van der Waals surface area contributed by atoms with Crippen molar-refractivity contribution >= 4 is 22.0 Å². The molecule has 3 aliphatic rings. The molecule has 2 aliphatic carbocycles. The highest BCUT2D eigenvalue weighted by Crippen LogP contribution is 2.61. The third-order valence-corrected chi connectivity index (χ3v) is 7.04. The van der Waals surface area contributed by atoms with Crippen LogP contribution in [0.15, 0.2) is 12.2 Å². The SMILES string of the molecule is C=C(C)C(=O)NCCOC(=O)COC1C2OS(=O)(=O)C3CC1(C)CC23. The van der Waals surface area contributed by atoms with Crippen molar-refractivity contribution in [2.24, 2.45) is 11.3 Å². The minimum absolute atomic E-state index is 0.0299. The lowest BCUT2D eigenvalue weighted by atomic mass is 9.82. The van der Waals surface area contributed by atoms with Gasteiger partial charge in [-0.05, 0) is 25.2 Å². The van der Waals surface area contributed by atoms with E-state index in [9.17, 15) is 18.0 Å². The summed E-state index contributed by atoms with van der Waals surface area (Å²) in [4.78, 5) is 23.1. The summed E-state index contributed by atoms with van der Waals surface area (Å²) in [6.07, 6.45) is 0.301. The van der Waals surface area contributed by atoms with Crippen LogP contribution in [0.1, 0.15) is 26.7 Å². The Hall–Kier alpha value is -1.45. The first-order valence-electron chi connectivity index (χ1n) is 8.27. The summed E-state index contributed by atoms with van der Waals surface area (Å²) < 4.78 is 39.8. The van der Waals surface area contributed by atoms with Crippen LogP contribution in [0.25, 0.3) is 0 Å². The van der Waals surface area contributed by atoms with Crippen LogP contribution >= 0.6 is 0 Å². The first-order chi connectivity index (χ1) is 11.6. The molecule has 3 fully saturated rings. The van der Waals surface area contributed by atoms with Crippen molar-refractivity contribution in [2.75, 3.05) is 19.8 Å². The molecule has 1 aliphatic heterocycles. The Morgan fingerprint density at radius 2 is 2.08 bits per heavy atom. The fourth-order valence-corrected chi connectivity index (χ4v) is 6.15. The average molecular weight is 373 g/mol. The molecule has 1 saturated heterocycles. The zero-order valence-corrected chi connectivity index (χ0v) is 15.1. The maximum absolute atomic E-state index is 12.0. The van der Waals surface area contributed by atoms with Crippen LogP contribution in [0.4, 0.5) is 0 Å². The van der Waals surface area contributed by atoms with Crippen LogP contribution in [0.2, 0.25) is 0 Å². The fraction of sp³-hybridized carbons (Fsp3) is 0.750. The average Bonchev–Trinajstić information content (AvgIpc) is 3.05. The van der Waals surface area contributed by atoms with Crippen molar-refractivity contribution in [1.82, 2.24) is 5.32 Å². The van der Waals surface area contributed by atoms with Crippen molar-refractivity contribution in [3.63, 3.8) is 0 Å². The molecule has 9 heteroatoms. The first kappa shape index (κ1) is 18.3. The Morgan fingerprint density at radius 3 is 2.76 bits per heavy atom. The highest BCUT2D eigenvalue weighted by atomic mass is 32.2. The normalized spacial score (nSPS) is 37.0. The van der Waals surface area contributed by atoms with E-state index in [0.29, 0.717) is 12.0 Å². The van der Waals surface area contributed by atoms with Gasteiger partial charge >= 0.3 is 5.97 Å². The zero-order chi connectivity index (χ0) is 18.4.